The van der Waals surface area contributed by atoms with Crippen LogP contribution in [0.1, 0.15) is 39.3 Å². The minimum atomic E-state index is -3.35. The van der Waals surface area contributed by atoms with E-state index in [1.165, 1.54) is 51.3 Å². The average molecular weight is 1160 g/mol. The van der Waals surface area contributed by atoms with Crippen LogP contribution >= 0.6 is 0 Å². The van der Waals surface area contributed by atoms with E-state index in [2.05, 4.69) is 346 Å². The second kappa shape index (κ2) is 22.9. The topological polar surface area (TPSA) is 0 Å². The van der Waals surface area contributed by atoms with Crippen LogP contribution in [0.5, 0.6) is 0 Å². The molecule has 0 spiro atoms. The van der Waals surface area contributed by atoms with E-state index in [9.17, 15) is 0 Å². The second-order valence-electron chi connectivity index (χ2n) is 19.0. The van der Waals surface area contributed by atoms with Gasteiger partial charge in [0.05, 0.1) is 0 Å². The van der Waals surface area contributed by atoms with Crippen LogP contribution in [-0.4, -0.2) is 39.5 Å². The molecule has 0 aromatic heterocycles. The Morgan fingerprint density at radius 1 is 0.243 bits per heavy atom. The van der Waals surface area contributed by atoms with Gasteiger partial charge in [-0.05, 0) is 0 Å². The molecule has 0 N–H and O–H groups in total. The predicted molar refractivity (Wildman–Crippen MR) is 316 cm³/mol. The maximum atomic E-state index is 2.72. The van der Waals surface area contributed by atoms with E-state index >= 15 is 0 Å². The van der Waals surface area contributed by atoms with Gasteiger partial charge in [0, 0.05) is 0 Å². The Labute approximate surface area is 452 Å². The zero-order valence-electron chi connectivity index (χ0n) is 41.5. The van der Waals surface area contributed by atoms with Crippen molar-refractivity contribution >= 4 is 57.4 Å². The Hall–Kier alpha value is -7.24. The molecule has 74 heavy (non-hydrogen) atoms. The van der Waals surface area contributed by atoms with E-state index in [-0.39, 0.29) is 5.92 Å². The zero-order valence-corrected chi connectivity index (χ0v) is 47.2. The first-order valence-corrected chi connectivity index (χ1v) is 34.4. The van der Waals surface area contributed by atoms with Crippen molar-refractivity contribution in [1.82, 2.24) is 0 Å². The van der Waals surface area contributed by atoms with Gasteiger partial charge in [-0.1, -0.05) is 0 Å². The van der Waals surface area contributed by atoms with Gasteiger partial charge in [0.25, 0.3) is 0 Å². The van der Waals surface area contributed by atoms with Crippen molar-refractivity contribution in [2.24, 2.45) is 0 Å². The third-order valence-electron chi connectivity index (χ3n) is 15.2. The summed E-state index contributed by atoms with van der Waals surface area (Å²) < 4.78 is 7.01. The Morgan fingerprint density at radius 2 is 0.500 bits per heavy atom. The molecule has 0 nitrogen and oxygen atoms in total. The zero-order chi connectivity index (χ0) is 49.9. The summed E-state index contributed by atoms with van der Waals surface area (Å²) in [6.07, 6.45) is 5.35. The Morgan fingerprint density at radius 3 is 0.824 bits per heavy atom. The number of hydrogen-bond donors (Lipinski definition) is 0. The first kappa shape index (κ1) is 49.0. The molecule has 0 amide bonds. The summed E-state index contributed by atoms with van der Waals surface area (Å²) in [5.74, 6) is -0.0352. The molecular weight excluding hydrogens is 1100 g/mol. The Bertz CT molecular complexity index is 3240. The SMILES string of the molecule is C1=C[C](c2ccccc2)([Sn]([c]2ccccc2)[c]2ccccc2)C(c2ccccc2)(c2ccccc2)C(c2ccccc2)(c2ccccc2)C1c1ccccc1.c1cc[c]([Sn]([c]2ccccc2)[c]2ccccc2)cc1. The number of benzene rings is 11. The van der Waals surface area contributed by atoms with Crippen molar-refractivity contribution in [3.8, 4) is 0 Å². The molecule has 0 saturated heterocycles. The molecule has 0 heterocycles. The number of allylic oxidation sites excluding steroid dienone is 2. The van der Waals surface area contributed by atoms with Gasteiger partial charge in [-0.25, -0.2) is 0 Å². The predicted octanol–water partition coefficient (Wildman–Crippen LogP) is 13.3. The molecule has 2 atom stereocenters. The fourth-order valence-corrected chi connectivity index (χ4v) is 30.9. The standard InChI is InChI=1S/C42H33.5C6H5.2Sn/c1-7-19-33(20-8-1)39-31-32-40(34-21-9-2-10-22-34)42(37-27-15-5-16-28-37,38-29-17-6-18-30-38)41(39,35-23-11-3-12-24-35)36-25-13-4-14-26-36;5*1-2-4-6-5-3-1;;/h1-32,39H;5*1-5H;;. The molecule has 0 bridgehead atoms. The van der Waals surface area contributed by atoms with Crippen molar-refractivity contribution in [2.75, 3.05) is 0 Å². The van der Waals surface area contributed by atoms with Crippen molar-refractivity contribution in [1.29, 1.82) is 0 Å². The summed E-state index contributed by atoms with van der Waals surface area (Å²) >= 11 is -5.33. The van der Waals surface area contributed by atoms with Gasteiger partial charge in [0.15, 0.2) is 0 Å². The van der Waals surface area contributed by atoms with Gasteiger partial charge in [0.1, 0.15) is 0 Å². The van der Waals surface area contributed by atoms with Crippen LogP contribution in [0.25, 0.3) is 0 Å². The molecule has 2 unspecified atom stereocenters. The molecular formula is C72H58Sn2. The monoisotopic (exact) mass is 1160 g/mol. The molecule has 2 radical (unpaired) electrons. The first-order chi connectivity index (χ1) is 36.8. The Balaban J connectivity index is 0.000000259. The summed E-state index contributed by atoms with van der Waals surface area (Å²) in [7, 11) is 0. The van der Waals surface area contributed by atoms with Crippen LogP contribution in [0.15, 0.2) is 346 Å². The van der Waals surface area contributed by atoms with Crippen molar-refractivity contribution in [3.63, 3.8) is 0 Å². The van der Waals surface area contributed by atoms with Crippen LogP contribution in [0.3, 0.4) is 0 Å². The fourth-order valence-electron chi connectivity index (χ4n) is 12.5. The fraction of sp³-hybridized carbons (Fsp3) is 0.0556. The van der Waals surface area contributed by atoms with Gasteiger partial charge >= 0.3 is 457 Å². The van der Waals surface area contributed by atoms with Gasteiger partial charge in [-0.2, -0.15) is 0 Å². The second-order valence-corrected chi connectivity index (χ2v) is 33.8. The third-order valence-corrected chi connectivity index (χ3v) is 32.8. The molecule has 354 valence electrons. The van der Waals surface area contributed by atoms with Crippen molar-refractivity contribution < 1.29 is 0 Å². The van der Waals surface area contributed by atoms with Crippen LogP contribution in [0.4, 0.5) is 0 Å². The molecule has 12 rings (SSSR count). The van der Waals surface area contributed by atoms with Crippen LogP contribution < -0.4 is 17.9 Å². The molecule has 0 fully saturated rings. The van der Waals surface area contributed by atoms with E-state index in [0.29, 0.717) is 0 Å². The van der Waals surface area contributed by atoms with Crippen LogP contribution in [0.2, 0.25) is 0 Å². The first-order valence-electron chi connectivity index (χ1n) is 25.8. The molecule has 11 aromatic rings. The van der Waals surface area contributed by atoms with Crippen LogP contribution in [0, 0.1) is 0 Å². The summed E-state index contributed by atoms with van der Waals surface area (Å²) in [5.41, 5.74) is 6.54. The molecule has 1 aliphatic carbocycles. The quantitative estimate of drug-likeness (QED) is 0.0845. The minimum absolute atomic E-state index is 0.0352. The van der Waals surface area contributed by atoms with E-state index in [1.54, 1.807) is 0 Å². The van der Waals surface area contributed by atoms with Gasteiger partial charge in [-0.3, -0.25) is 0 Å². The van der Waals surface area contributed by atoms with Crippen molar-refractivity contribution in [2.45, 2.75) is 20.2 Å². The summed E-state index contributed by atoms with van der Waals surface area (Å²) in [6, 6.07) is 125. The van der Waals surface area contributed by atoms with Crippen LogP contribution in [-0.2, 0) is 14.3 Å². The maximum absolute atomic E-state index is 3.35. The van der Waals surface area contributed by atoms with Gasteiger partial charge < -0.3 is 0 Å². The van der Waals surface area contributed by atoms with E-state index in [4.69, 9.17) is 0 Å². The van der Waals surface area contributed by atoms with E-state index < -0.39 is 53.8 Å². The third kappa shape index (κ3) is 9.03. The Kier molecular flexibility index (Phi) is 15.2. The van der Waals surface area contributed by atoms with Gasteiger partial charge in [-0.15, -0.1) is 0 Å². The normalized spacial score (nSPS) is 16.4. The number of rotatable bonds is 12. The summed E-state index contributed by atoms with van der Waals surface area (Å²) in [4.78, 5) is 0. The summed E-state index contributed by atoms with van der Waals surface area (Å²) in [6.45, 7) is 0. The van der Waals surface area contributed by atoms with E-state index in [0.717, 1.165) is 0 Å². The summed E-state index contributed by atoms with van der Waals surface area (Å²) in [5, 5.41) is 0. The van der Waals surface area contributed by atoms with E-state index in [1.807, 2.05) is 0 Å². The van der Waals surface area contributed by atoms with Crippen molar-refractivity contribution in [3.05, 3.63) is 379 Å². The molecule has 0 saturated carbocycles. The molecule has 2 heteroatoms. The molecule has 1 aliphatic rings. The number of hydrogen-bond acceptors (Lipinski definition) is 0. The molecule has 0 aliphatic heterocycles. The molecule has 11 aromatic carbocycles. The average Bonchev–Trinajstić information content (AvgIpc) is 3.56. The van der Waals surface area contributed by atoms with Gasteiger partial charge in [0.2, 0.25) is 0 Å².